The average molecular weight is 502 g/mol. The first-order chi connectivity index (χ1) is 17.5. The molecule has 0 fully saturated rings. The first-order valence-electron chi connectivity index (χ1n) is 11.3. The van der Waals surface area contributed by atoms with Crippen LogP contribution in [0.3, 0.4) is 0 Å². The molecule has 2 heterocycles. The standard InChI is InChI=1S/C27H24ClN5O3/c1-17-24(26(34)32-20-10-12-21(35-2)13-11-20)25(33-27(31-17)29-16-30-33)18-7-5-8-22(14-18)36-15-19-6-3-4-9-23(19)28/h3-14,16,25H,15H2,1-2H3,(H,32,34)(H,29,30,31)/t25-/m0/s1. The zero-order valence-electron chi connectivity index (χ0n) is 19.7. The predicted molar refractivity (Wildman–Crippen MR) is 138 cm³/mol. The van der Waals surface area contributed by atoms with Gasteiger partial charge in [-0.15, -0.1) is 0 Å². The minimum absolute atomic E-state index is 0.251. The molecule has 0 saturated carbocycles. The van der Waals surface area contributed by atoms with Gasteiger partial charge in [-0.25, -0.2) is 4.68 Å². The number of halogens is 1. The molecule has 182 valence electrons. The fourth-order valence-electron chi connectivity index (χ4n) is 4.12. The molecule has 0 radical (unpaired) electrons. The van der Waals surface area contributed by atoms with Crippen LogP contribution >= 0.6 is 11.6 Å². The van der Waals surface area contributed by atoms with Crippen molar-refractivity contribution in [1.82, 2.24) is 14.8 Å². The van der Waals surface area contributed by atoms with E-state index in [1.165, 1.54) is 6.33 Å². The molecule has 9 heteroatoms. The van der Waals surface area contributed by atoms with Crippen LogP contribution in [0.25, 0.3) is 0 Å². The van der Waals surface area contributed by atoms with Crippen molar-refractivity contribution in [3.63, 3.8) is 0 Å². The van der Waals surface area contributed by atoms with E-state index in [1.807, 2.05) is 55.5 Å². The second kappa shape index (κ2) is 10.1. The summed E-state index contributed by atoms with van der Waals surface area (Å²) in [6.45, 7) is 2.18. The van der Waals surface area contributed by atoms with Gasteiger partial charge >= 0.3 is 0 Å². The molecule has 1 aliphatic rings. The fourth-order valence-corrected chi connectivity index (χ4v) is 4.31. The number of methoxy groups -OCH3 is 1. The molecule has 8 nitrogen and oxygen atoms in total. The normalized spacial score (nSPS) is 14.6. The van der Waals surface area contributed by atoms with Crippen molar-refractivity contribution >= 4 is 29.1 Å². The fraction of sp³-hybridized carbons (Fsp3) is 0.148. The first kappa shape index (κ1) is 23.4. The van der Waals surface area contributed by atoms with Gasteiger partial charge in [-0.2, -0.15) is 10.1 Å². The van der Waals surface area contributed by atoms with Gasteiger partial charge in [-0.05, 0) is 55.0 Å². The monoisotopic (exact) mass is 501 g/mol. The van der Waals surface area contributed by atoms with Gasteiger partial charge in [-0.3, -0.25) is 4.79 Å². The number of amides is 1. The van der Waals surface area contributed by atoms with Crippen LogP contribution in [0.4, 0.5) is 11.6 Å². The molecule has 3 aromatic carbocycles. The molecule has 0 saturated heterocycles. The number of carbonyl (C=O) groups is 1. The predicted octanol–water partition coefficient (Wildman–Crippen LogP) is 5.45. The van der Waals surface area contributed by atoms with Crippen molar-refractivity contribution in [3.05, 3.63) is 107 Å². The lowest BCUT2D eigenvalue weighted by molar-refractivity contribution is -0.113. The van der Waals surface area contributed by atoms with Crippen LogP contribution < -0.4 is 20.1 Å². The Labute approximate surface area is 213 Å². The van der Waals surface area contributed by atoms with Gasteiger partial charge in [0.15, 0.2) is 0 Å². The summed E-state index contributed by atoms with van der Waals surface area (Å²) in [6.07, 6.45) is 1.46. The molecule has 1 atom stereocenters. The highest BCUT2D eigenvalue weighted by atomic mass is 35.5. The van der Waals surface area contributed by atoms with Crippen LogP contribution in [0.1, 0.15) is 24.1 Å². The Kier molecular flexibility index (Phi) is 6.60. The van der Waals surface area contributed by atoms with Gasteiger partial charge in [0.05, 0.1) is 12.7 Å². The number of allylic oxidation sites excluding steroid dienone is 1. The number of carbonyl (C=O) groups excluding carboxylic acids is 1. The number of nitrogens with zero attached hydrogens (tertiary/aromatic N) is 3. The summed E-state index contributed by atoms with van der Waals surface area (Å²) in [5.41, 5.74) is 3.58. The number of hydrogen-bond acceptors (Lipinski definition) is 6. The van der Waals surface area contributed by atoms with Crippen LogP contribution in [-0.4, -0.2) is 27.8 Å². The number of nitrogens with one attached hydrogen (secondary N) is 2. The molecule has 2 N–H and O–H groups in total. The van der Waals surface area contributed by atoms with E-state index in [-0.39, 0.29) is 5.91 Å². The Hall–Kier alpha value is -4.30. The van der Waals surface area contributed by atoms with E-state index < -0.39 is 6.04 Å². The molecular formula is C27H24ClN5O3. The maximum absolute atomic E-state index is 13.5. The van der Waals surface area contributed by atoms with Gasteiger partial charge < -0.3 is 20.1 Å². The number of ether oxygens (including phenoxy) is 2. The minimum atomic E-state index is -0.508. The lowest BCUT2D eigenvalue weighted by atomic mass is 9.95. The summed E-state index contributed by atoms with van der Waals surface area (Å²) in [6, 6.07) is 21.8. The number of rotatable bonds is 7. The molecule has 1 aromatic heterocycles. The lowest BCUT2D eigenvalue weighted by Crippen LogP contribution is -2.31. The van der Waals surface area contributed by atoms with Crippen LogP contribution in [0, 0.1) is 0 Å². The summed E-state index contributed by atoms with van der Waals surface area (Å²) in [5.74, 6) is 1.67. The Morgan fingerprint density at radius 2 is 1.89 bits per heavy atom. The highest BCUT2D eigenvalue weighted by molar-refractivity contribution is 6.31. The zero-order valence-corrected chi connectivity index (χ0v) is 20.5. The third-order valence-electron chi connectivity index (χ3n) is 5.91. The Bertz CT molecular complexity index is 1430. The number of aromatic nitrogens is 3. The van der Waals surface area contributed by atoms with E-state index in [0.717, 1.165) is 11.1 Å². The number of fused-ring (bicyclic) bond motifs is 1. The Morgan fingerprint density at radius 3 is 2.67 bits per heavy atom. The zero-order chi connectivity index (χ0) is 25.1. The van der Waals surface area contributed by atoms with Crippen LogP contribution in [0.5, 0.6) is 11.5 Å². The van der Waals surface area contributed by atoms with E-state index in [0.29, 0.717) is 46.0 Å². The summed E-state index contributed by atoms with van der Waals surface area (Å²) in [7, 11) is 1.60. The Balaban J connectivity index is 1.45. The first-order valence-corrected chi connectivity index (χ1v) is 11.7. The van der Waals surface area contributed by atoms with Crippen LogP contribution in [0.15, 0.2) is 90.4 Å². The molecule has 1 aliphatic heterocycles. The Morgan fingerprint density at radius 1 is 1.08 bits per heavy atom. The number of hydrogen-bond donors (Lipinski definition) is 2. The highest BCUT2D eigenvalue weighted by Gasteiger charge is 2.33. The quantitative estimate of drug-likeness (QED) is 0.350. The highest BCUT2D eigenvalue weighted by Crippen LogP contribution is 2.36. The largest absolute Gasteiger partial charge is 0.497 e. The maximum Gasteiger partial charge on any atom is 0.255 e. The van der Waals surface area contributed by atoms with Crippen molar-refractivity contribution in [2.45, 2.75) is 19.6 Å². The van der Waals surface area contributed by atoms with Crippen LogP contribution in [-0.2, 0) is 11.4 Å². The SMILES string of the molecule is COc1ccc(NC(=O)C2=C(C)Nc3ncnn3[C@H]2c2cccc(OCc3ccccc3Cl)c2)cc1. The third kappa shape index (κ3) is 4.76. The van der Waals surface area contributed by atoms with Crippen molar-refractivity contribution in [2.24, 2.45) is 0 Å². The van der Waals surface area contributed by atoms with Crippen molar-refractivity contribution in [3.8, 4) is 11.5 Å². The second-order valence-corrected chi connectivity index (χ2v) is 8.64. The van der Waals surface area contributed by atoms with Gasteiger partial charge in [0.1, 0.15) is 30.5 Å². The van der Waals surface area contributed by atoms with E-state index in [1.54, 1.807) is 36.1 Å². The van der Waals surface area contributed by atoms with Gasteiger partial charge in [0, 0.05) is 22.0 Å². The number of benzene rings is 3. The number of anilines is 2. The molecule has 36 heavy (non-hydrogen) atoms. The lowest BCUT2D eigenvalue weighted by Gasteiger charge is -2.29. The summed E-state index contributed by atoms with van der Waals surface area (Å²) in [4.78, 5) is 17.8. The summed E-state index contributed by atoms with van der Waals surface area (Å²) < 4.78 is 12.9. The molecule has 0 bridgehead atoms. The third-order valence-corrected chi connectivity index (χ3v) is 6.28. The van der Waals surface area contributed by atoms with Gasteiger partial charge in [-0.1, -0.05) is 41.9 Å². The average Bonchev–Trinajstić information content (AvgIpc) is 3.36. The molecule has 4 aromatic rings. The van der Waals surface area contributed by atoms with E-state index in [4.69, 9.17) is 21.1 Å². The molecule has 5 rings (SSSR count). The second-order valence-electron chi connectivity index (χ2n) is 8.23. The smallest absolute Gasteiger partial charge is 0.255 e. The molecule has 1 amide bonds. The summed E-state index contributed by atoms with van der Waals surface area (Å²) >= 11 is 6.28. The van der Waals surface area contributed by atoms with E-state index in [9.17, 15) is 4.79 Å². The minimum Gasteiger partial charge on any atom is -0.497 e. The molecule has 0 unspecified atom stereocenters. The van der Waals surface area contributed by atoms with Crippen LogP contribution in [0.2, 0.25) is 5.02 Å². The van der Waals surface area contributed by atoms with E-state index >= 15 is 0 Å². The molecular weight excluding hydrogens is 478 g/mol. The summed E-state index contributed by atoms with van der Waals surface area (Å²) in [5, 5.41) is 11.2. The molecule has 0 aliphatic carbocycles. The maximum atomic E-state index is 13.5. The van der Waals surface area contributed by atoms with E-state index in [2.05, 4.69) is 20.7 Å². The van der Waals surface area contributed by atoms with Crippen molar-refractivity contribution in [1.29, 1.82) is 0 Å². The molecule has 0 spiro atoms. The topological polar surface area (TPSA) is 90.3 Å². The van der Waals surface area contributed by atoms with Crippen molar-refractivity contribution < 1.29 is 14.3 Å². The van der Waals surface area contributed by atoms with Gasteiger partial charge in [0.2, 0.25) is 5.95 Å². The van der Waals surface area contributed by atoms with Crippen molar-refractivity contribution in [2.75, 3.05) is 17.7 Å². The van der Waals surface area contributed by atoms with Gasteiger partial charge in [0.25, 0.3) is 5.91 Å².